The van der Waals surface area contributed by atoms with Crippen molar-refractivity contribution >= 4 is 23.3 Å². The number of aromatic nitrogens is 1. The highest BCUT2D eigenvalue weighted by molar-refractivity contribution is 6.08. The molecule has 1 N–H and O–H groups in total. The van der Waals surface area contributed by atoms with Crippen molar-refractivity contribution in [3.05, 3.63) is 89.7 Å². The Labute approximate surface area is 189 Å². The Kier molecular flexibility index (Phi) is 8.37. The number of rotatable bonds is 10. The molecule has 0 saturated heterocycles. The first kappa shape index (κ1) is 23.0. The number of esters is 1. The highest BCUT2D eigenvalue weighted by atomic mass is 16.5. The molecule has 1 heterocycles. The molecular weight excluding hydrogens is 402 g/mol. The van der Waals surface area contributed by atoms with E-state index < -0.39 is 5.97 Å². The molecule has 0 aliphatic carbocycles. The number of amides is 1. The molecule has 32 heavy (non-hydrogen) atoms. The quantitative estimate of drug-likeness (QED) is 0.440. The van der Waals surface area contributed by atoms with Crippen molar-refractivity contribution in [3.8, 4) is 0 Å². The summed E-state index contributed by atoms with van der Waals surface area (Å²) in [5.74, 6) is -0.600. The fourth-order valence-corrected chi connectivity index (χ4v) is 3.44. The molecule has 0 unspecified atom stereocenters. The molecule has 0 aliphatic rings. The Morgan fingerprint density at radius 3 is 2.31 bits per heavy atom. The average molecular weight is 432 g/mol. The van der Waals surface area contributed by atoms with E-state index in [1.165, 1.54) is 0 Å². The van der Waals surface area contributed by atoms with Crippen LogP contribution in [-0.4, -0.2) is 29.9 Å². The van der Waals surface area contributed by atoms with Crippen LogP contribution in [0.4, 0.5) is 11.4 Å². The van der Waals surface area contributed by atoms with Crippen LogP contribution in [0.15, 0.2) is 73.1 Å². The van der Waals surface area contributed by atoms with E-state index in [1.807, 2.05) is 30.3 Å². The van der Waals surface area contributed by atoms with Crippen molar-refractivity contribution in [3.63, 3.8) is 0 Å². The maximum Gasteiger partial charge on any atom is 0.338 e. The van der Waals surface area contributed by atoms with Crippen LogP contribution in [0.3, 0.4) is 0 Å². The van der Waals surface area contributed by atoms with Gasteiger partial charge in [-0.1, -0.05) is 32.0 Å². The molecule has 6 nitrogen and oxygen atoms in total. The average Bonchev–Trinajstić information content (AvgIpc) is 2.83. The Hall–Kier alpha value is -3.67. The number of nitrogens with zero attached hydrogens (tertiary/aromatic N) is 2. The van der Waals surface area contributed by atoms with Crippen molar-refractivity contribution in [2.24, 2.45) is 0 Å². The van der Waals surface area contributed by atoms with Crippen LogP contribution < -0.4 is 10.2 Å². The second kappa shape index (κ2) is 11.6. The van der Waals surface area contributed by atoms with Gasteiger partial charge in [0.25, 0.3) is 5.91 Å². The number of nitrogens with one attached hydrogen (secondary N) is 1. The molecular formula is C26H29N3O3. The summed E-state index contributed by atoms with van der Waals surface area (Å²) in [6.07, 6.45) is 5.34. The molecule has 2 aromatic carbocycles. The summed E-state index contributed by atoms with van der Waals surface area (Å²) >= 11 is 0. The fourth-order valence-electron chi connectivity index (χ4n) is 3.44. The monoisotopic (exact) mass is 431 g/mol. The molecule has 1 aromatic heterocycles. The lowest BCUT2D eigenvalue weighted by atomic mass is 10.1. The van der Waals surface area contributed by atoms with Crippen LogP contribution >= 0.6 is 0 Å². The first-order valence-corrected chi connectivity index (χ1v) is 10.9. The molecule has 3 rings (SSSR count). The number of pyridine rings is 1. The van der Waals surface area contributed by atoms with Crippen molar-refractivity contribution in [2.45, 2.75) is 33.3 Å². The second-order valence-corrected chi connectivity index (χ2v) is 7.47. The first-order valence-electron chi connectivity index (χ1n) is 10.9. The smallest absolute Gasteiger partial charge is 0.338 e. The molecule has 166 valence electrons. The molecule has 0 bridgehead atoms. The Bertz CT molecular complexity index is 1010. The van der Waals surface area contributed by atoms with Crippen molar-refractivity contribution in [1.29, 1.82) is 0 Å². The minimum Gasteiger partial charge on any atom is -0.457 e. The standard InChI is InChI=1S/C26H29N3O3/c1-3-16-29(17-4-2)24-10-6-5-9-23(24)25(30)28-22-13-11-21(12-14-22)26(31)32-19-20-8-7-15-27-18-20/h5-15,18H,3-4,16-17,19H2,1-2H3,(H,28,30). The van der Waals surface area contributed by atoms with E-state index in [0.717, 1.165) is 37.2 Å². The largest absolute Gasteiger partial charge is 0.457 e. The third-order valence-corrected chi connectivity index (χ3v) is 4.95. The Morgan fingerprint density at radius 2 is 1.66 bits per heavy atom. The number of carbonyl (C=O) groups excluding carboxylic acids is 2. The number of benzene rings is 2. The van der Waals surface area contributed by atoms with E-state index in [-0.39, 0.29) is 12.5 Å². The van der Waals surface area contributed by atoms with Crippen LogP contribution in [0.5, 0.6) is 0 Å². The summed E-state index contributed by atoms with van der Waals surface area (Å²) < 4.78 is 5.32. The molecule has 1 amide bonds. The van der Waals surface area contributed by atoms with Gasteiger partial charge in [0.1, 0.15) is 6.61 Å². The van der Waals surface area contributed by atoms with Crippen LogP contribution in [0.2, 0.25) is 0 Å². The molecule has 6 heteroatoms. The van der Waals surface area contributed by atoms with Crippen LogP contribution in [0.1, 0.15) is 53.0 Å². The molecule has 0 spiro atoms. The molecule has 0 aliphatic heterocycles. The van der Waals surface area contributed by atoms with Crippen molar-refractivity contribution < 1.29 is 14.3 Å². The number of para-hydroxylation sites is 1. The van der Waals surface area contributed by atoms with Gasteiger partial charge in [-0.2, -0.15) is 0 Å². The van der Waals surface area contributed by atoms with Gasteiger partial charge in [-0.25, -0.2) is 4.79 Å². The lowest BCUT2D eigenvalue weighted by Crippen LogP contribution is -2.27. The van der Waals surface area contributed by atoms with E-state index in [2.05, 4.69) is 29.0 Å². The first-order chi connectivity index (χ1) is 15.6. The van der Waals surface area contributed by atoms with Crippen LogP contribution in [0, 0.1) is 0 Å². The predicted molar refractivity (Wildman–Crippen MR) is 127 cm³/mol. The van der Waals surface area contributed by atoms with Gasteiger partial charge in [0, 0.05) is 42.4 Å². The number of carbonyl (C=O) groups is 2. The summed E-state index contributed by atoms with van der Waals surface area (Å²) in [4.78, 5) is 31.5. The highest BCUT2D eigenvalue weighted by Crippen LogP contribution is 2.23. The summed E-state index contributed by atoms with van der Waals surface area (Å²) in [6.45, 7) is 6.22. The minimum atomic E-state index is -0.424. The van der Waals surface area contributed by atoms with Gasteiger partial charge in [0.15, 0.2) is 0 Å². The van der Waals surface area contributed by atoms with Crippen LogP contribution in [0.25, 0.3) is 0 Å². The number of hydrogen-bond acceptors (Lipinski definition) is 5. The van der Waals surface area contributed by atoms with Crippen LogP contribution in [-0.2, 0) is 11.3 Å². The third-order valence-electron chi connectivity index (χ3n) is 4.95. The number of ether oxygens (including phenoxy) is 1. The topological polar surface area (TPSA) is 71.5 Å². The maximum atomic E-state index is 13.0. The van der Waals surface area contributed by atoms with E-state index >= 15 is 0 Å². The zero-order chi connectivity index (χ0) is 22.8. The van der Waals surface area contributed by atoms with Crippen molar-refractivity contribution in [2.75, 3.05) is 23.3 Å². The zero-order valence-electron chi connectivity index (χ0n) is 18.6. The summed E-state index contributed by atoms with van der Waals surface area (Å²) in [5, 5.41) is 2.94. The van der Waals surface area contributed by atoms with Gasteiger partial charge in [0.2, 0.25) is 0 Å². The van der Waals surface area contributed by atoms with Gasteiger partial charge in [-0.15, -0.1) is 0 Å². The zero-order valence-corrected chi connectivity index (χ0v) is 18.6. The molecule has 0 fully saturated rings. The van der Waals surface area contributed by atoms with Gasteiger partial charge in [-0.05, 0) is 55.3 Å². The maximum absolute atomic E-state index is 13.0. The van der Waals surface area contributed by atoms with E-state index in [4.69, 9.17) is 4.74 Å². The summed E-state index contributed by atoms with van der Waals surface area (Å²) in [5.41, 5.74) is 3.43. The molecule has 0 atom stereocenters. The highest BCUT2D eigenvalue weighted by Gasteiger charge is 2.16. The third kappa shape index (κ3) is 6.17. The lowest BCUT2D eigenvalue weighted by molar-refractivity contribution is 0.0472. The summed E-state index contributed by atoms with van der Waals surface area (Å²) in [7, 11) is 0. The molecule has 0 saturated carbocycles. The molecule has 0 radical (unpaired) electrons. The normalized spacial score (nSPS) is 10.4. The van der Waals surface area contributed by atoms with E-state index in [1.54, 1.807) is 42.7 Å². The predicted octanol–water partition coefficient (Wildman–Crippen LogP) is 5.32. The minimum absolute atomic E-state index is 0.161. The Morgan fingerprint density at radius 1 is 0.938 bits per heavy atom. The number of anilines is 2. The number of hydrogen-bond donors (Lipinski definition) is 1. The van der Waals surface area contributed by atoms with Gasteiger partial charge in [0.05, 0.1) is 11.1 Å². The van der Waals surface area contributed by atoms with E-state index in [0.29, 0.717) is 16.8 Å². The van der Waals surface area contributed by atoms with Gasteiger partial charge in [-0.3, -0.25) is 9.78 Å². The lowest BCUT2D eigenvalue weighted by Gasteiger charge is -2.26. The van der Waals surface area contributed by atoms with Gasteiger partial charge < -0.3 is 15.0 Å². The van der Waals surface area contributed by atoms with Crippen molar-refractivity contribution in [1.82, 2.24) is 4.98 Å². The molecule has 3 aromatic rings. The SMILES string of the molecule is CCCN(CCC)c1ccccc1C(=O)Nc1ccc(C(=O)OCc2cccnc2)cc1. The fraction of sp³-hybridized carbons (Fsp3) is 0.269. The summed E-state index contributed by atoms with van der Waals surface area (Å²) in [6, 6.07) is 18.0. The van der Waals surface area contributed by atoms with Gasteiger partial charge >= 0.3 is 5.97 Å². The second-order valence-electron chi connectivity index (χ2n) is 7.47. The Balaban J connectivity index is 1.65. The van der Waals surface area contributed by atoms with E-state index in [9.17, 15) is 9.59 Å².